The summed E-state index contributed by atoms with van der Waals surface area (Å²) in [6.45, 7) is 7.43. The van der Waals surface area contributed by atoms with Crippen LogP contribution in [-0.4, -0.2) is 113 Å². The Balaban J connectivity index is 1.40. The lowest BCUT2D eigenvalue weighted by Crippen LogP contribution is -2.78. The van der Waals surface area contributed by atoms with Crippen molar-refractivity contribution in [1.82, 2.24) is 34.9 Å². The van der Waals surface area contributed by atoms with Crippen LogP contribution in [0.2, 0.25) is 0 Å². The van der Waals surface area contributed by atoms with Gasteiger partial charge in [0.25, 0.3) is 5.91 Å². The topological polar surface area (TPSA) is 171 Å². The normalized spacial score (nSPS) is 21.8. The van der Waals surface area contributed by atoms with Gasteiger partial charge < -0.3 is 20.3 Å². The van der Waals surface area contributed by atoms with E-state index in [1.165, 1.54) is 44.9 Å². The van der Waals surface area contributed by atoms with Crippen LogP contribution in [0.5, 0.6) is 0 Å². The summed E-state index contributed by atoms with van der Waals surface area (Å²) in [6, 6.07) is 6.16. The molecule has 1 aromatic heterocycles. The minimum Gasteiger partial charge on any atom is -0.455 e. The lowest BCUT2D eigenvalue weighted by atomic mass is 10.00. The third-order valence-corrected chi connectivity index (χ3v) is 12.3. The molecule has 2 N–H and O–H groups in total. The number of likely N-dealkylation sites (N-methyl/N-ethyl adjacent to an activating group) is 1. The Kier molecular flexibility index (Phi) is 10.8. The molecule has 1 aromatic carbocycles. The Labute approximate surface area is 294 Å². The second-order valence-corrected chi connectivity index (χ2v) is 16.1. The van der Waals surface area contributed by atoms with E-state index in [0.29, 0.717) is 29.2 Å². The maximum atomic E-state index is 14.1. The highest BCUT2D eigenvalue weighted by Gasteiger charge is 2.66. The molecule has 3 aliphatic rings. The van der Waals surface area contributed by atoms with E-state index in [0.717, 1.165) is 20.9 Å². The lowest BCUT2D eigenvalue weighted by molar-refractivity contribution is -0.160. The molecule has 6 amide bonds. The van der Waals surface area contributed by atoms with Gasteiger partial charge in [-0.3, -0.25) is 29.0 Å². The number of esters is 1. The Morgan fingerprint density at radius 2 is 1.85 bits per heavy atom. The Bertz CT molecular complexity index is 1630. The molecular weight excluding hydrogens is 699 g/mol. The van der Waals surface area contributed by atoms with Gasteiger partial charge in [-0.25, -0.2) is 9.59 Å². The van der Waals surface area contributed by atoms with Crippen molar-refractivity contribution in [2.45, 2.75) is 53.8 Å². The third-order valence-electron chi connectivity index (χ3n) is 7.66. The first-order valence-corrected chi connectivity index (χ1v) is 19.0. The molecule has 4 heterocycles. The van der Waals surface area contributed by atoms with E-state index in [9.17, 15) is 28.8 Å². The molecule has 2 fully saturated rings. The third kappa shape index (κ3) is 7.06. The number of urea groups is 1. The summed E-state index contributed by atoms with van der Waals surface area (Å²) < 4.78 is 10.5. The number of nitrogens with one attached hydrogen (secondary N) is 2. The second kappa shape index (κ2) is 14.5. The average molecular weight is 734 g/mol. The van der Waals surface area contributed by atoms with E-state index in [1.54, 1.807) is 70.5 Å². The van der Waals surface area contributed by atoms with Gasteiger partial charge in [-0.1, -0.05) is 34.8 Å². The number of aromatic nitrogens is 2. The summed E-state index contributed by atoms with van der Waals surface area (Å²) in [6.07, 6.45) is 3.31. The summed E-state index contributed by atoms with van der Waals surface area (Å²) in [4.78, 5) is 82.4. The first-order chi connectivity index (χ1) is 22.8. The van der Waals surface area contributed by atoms with Crippen molar-refractivity contribution in [3.05, 3.63) is 53.4 Å². The average Bonchev–Trinajstić information content (AvgIpc) is 3.59. The lowest BCUT2D eigenvalue weighted by Gasteiger charge is -2.56. The predicted octanol–water partition coefficient (Wildman–Crippen LogP) is 2.46. The summed E-state index contributed by atoms with van der Waals surface area (Å²) in [5.74, 6) is -2.86. The van der Waals surface area contributed by atoms with Crippen LogP contribution in [0.4, 0.5) is 4.79 Å². The Hall–Kier alpha value is -3.61. The largest absolute Gasteiger partial charge is 0.455 e. The van der Waals surface area contributed by atoms with Crippen LogP contribution < -0.4 is 10.6 Å². The van der Waals surface area contributed by atoms with Crippen molar-refractivity contribution in [3.8, 4) is 0 Å². The van der Waals surface area contributed by atoms with Gasteiger partial charge in [0, 0.05) is 31.1 Å². The Morgan fingerprint density at radius 3 is 2.48 bits per heavy atom. The van der Waals surface area contributed by atoms with Crippen LogP contribution in [0.3, 0.4) is 0 Å². The molecule has 5 rings (SSSR count). The fraction of sp³-hybridized carbons (Fsp3) is 0.467. The molecule has 14 nitrogen and oxygen atoms in total. The molecular formula is C30H35N7O7S4. The summed E-state index contributed by atoms with van der Waals surface area (Å²) in [7, 11) is 0. The van der Waals surface area contributed by atoms with Crippen LogP contribution in [0.15, 0.2) is 52.0 Å². The highest BCUT2D eigenvalue weighted by atomic mass is 32.2. The van der Waals surface area contributed by atoms with Crippen LogP contribution in [-0.2, 0) is 28.7 Å². The zero-order valence-corrected chi connectivity index (χ0v) is 30.1. The van der Waals surface area contributed by atoms with Gasteiger partial charge in [0.15, 0.2) is 4.87 Å². The van der Waals surface area contributed by atoms with Crippen molar-refractivity contribution in [3.63, 3.8) is 0 Å². The molecule has 2 saturated heterocycles. The fourth-order valence-corrected chi connectivity index (χ4v) is 9.50. The van der Waals surface area contributed by atoms with Crippen LogP contribution in [0, 0.1) is 0 Å². The number of imide groups is 1. The van der Waals surface area contributed by atoms with Crippen molar-refractivity contribution < 1.29 is 33.5 Å². The monoisotopic (exact) mass is 733 g/mol. The number of amides is 6. The second-order valence-electron chi connectivity index (χ2n) is 11.9. The smallest absolute Gasteiger partial charge is 0.355 e. The zero-order chi connectivity index (χ0) is 34.8. The molecule has 0 radical (unpaired) electrons. The molecule has 0 spiro atoms. The molecule has 3 aliphatic heterocycles. The number of nitrogens with zero attached hydrogens (tertiary/aromatic N) is 5. The highest BCUT2D eigenvalue weighted by Crippen LogP contribution is 2.51. The fourth-order valence-electron chi connectivity index (χ4n) is 5.32. The minimum atomic E-state index is -1.48. The van der Waals surface area contributed by atoms with Crippen molar-refractivity contribution in [2.75, 3.05) is 37.4 Å². The standard InChI is InChI=1S/C30H35N7O7S4/c1-6-35-12-13-36(24(40)23(35)39)28(43)32-20(17-10-8-7-9-11-17)22(38)33-30(45-5)26(42)37-21(25(41)44-29(2,3)4)18(16-47-27(30)37)15-46-19-14-31-34-48-19/h7-11,14,20,27H,6,12-13,15-16H2,1-5H3,(H,32,43)(H,33,38)/t20?,27-,30-/m0/s1. The zero-order valence-electron chi connectivity index (χ0n) is 26.9. The first kappa shape index (κ1) is 35.7. The number of β-lactam (4-membered cyclic amide) rings is 1. The number of carbonyl (C=O) groups is 6. The van der Waals surface area contributed by atoms with Crippen molar-refractivity contribution in [1.29, 1.82) is 0 Å². The quantitative estimate of drug-likeness (QED) is 0.120. The van der Waals surface area contributed by atoms with Gasteiger partial charge in [-0.15, -0.1) is 40.4 Å². The first-order valence-electron chi connectivity index (χ1n) is 15.0. The molecule has 2 aromatic rings. The van der Waals surface area contributed by atoms with Gasteiger partial charge in [-0.2, -0.15) is 0 Å². The van der Waals surface area contributed by atoms with Crippen LogP contribution in [0.25, 0.3) is 0 Å². The number of benzene rings is 1. The van der Waals surface area contributed by atoms with E-state index in [-0.39, 0.29) is 18.8 Å². The number of rotatable bonds is 10. The number of ether oxygens (including phenoxy) is 1. The number of thioether (sulfide) groups is 3. The van der Waals surface area contributed by atoms with Gasteiger partial charge in [0.2, 0.25) is 5.91 Å². The predicted molar refractivity (Wildman–Crippen MR) is 183 cm³/mol. The van der Waals surface area contributed by atoms with Gasteiger partial charge in [-0.05, 0) is 56.6 Å². The Morgan fingerprint density at radius 1 is 1.12 bits per heavy atom. The molecule has 18 heteroatoms. The van der Waals surface area contributed by atoms with Gasteiger partial charge in [0.1, 0.15) is 26.9 Å². The number of fused-ring (bicyclic) bond motifs is 1. The van der Waals surface area contributed by atoms with E-state index >= 15 is 0 Å². The van der Waals surface area contributed by atoms with E-state index in [4.69, 9.17) is 4.74 Å². The van der Waals surface area contributed by atoms with E-state index in [2.05, 4.69) is 20.2 Å². The minimum absolute atomic E-state index is 0.0335. The van der Waals surface area contributed by atoms with Gasteiger partial charge >= 0.3 is 23.8 Å². The summed E-state index contributed by atoms with van der Waals surface area (Å²) in [5, 5.41) is 8.67. The SMILES string of the molecule is CCN1CCN(C(=O)NC(C(=O)N[C@]2(SC)C(=O)N3C(C(=O)OC(C)(C)C)=C(CSc4cnns4)CS[C@H]32)c2ccccc2)C(=O)C1=O. The molecule has 0 aliphatic carbocycles. The molecule has 0 saturated carbocycles. The number of hydrogen-bond acceptors (Lipinski definition) is 13. The molecule has 48 heavy (non-hydrogen) atoms. The summed E-state index contributed by atoms with van der Waals surface area (Å²) >= 11 is 5.19. The van der Waals surface area contributed by atoms with Crippen molar-refractivity contribution in [2.24, 2.45) is 0 Å². The molecule has 256 valence electrons. The van der Waals surface area contributed by atoms with Gasteiger partial charge in [0.05, 0.1) is 6.20 Å². The molecule has 3 atom stereocenters. The van der Waals surface area contributed by atoms with Crippen LogP contribution in [0.1, 0.15) is 39.3 Å². The number of carbonyl (C=O) groups excluding carboxylic acids is 6. The number of piperazine rings is 1. The molecule has 1 unspecified atom stereocenters. The van der Waals surface area contributed by atoms with Crippen molar-refractivity contribution >= 4 is 82.4 Å². The van der Waals surface area contributed by atoms with Crippen LogP contribution >= 0.6 is 46.8 Å². The number of hydrogen-bond donors (Lipinski definition) is 2. The van der Waals surface area contributed by atoms with E-state index in [1.807, 2.05) is 0 Å². The van der Waals surface area contributed by atoms with E-state index < -0.39 is 57.5 Å². The maximum Gasteiger partial charge on any atom is 0.355 e. The summed E-state index contributed by atoms with van der Waals surface area (Å²) in [5.41, 5.74) is 0.427. The molecule has 0 bridgehead atoms. The maximum absolute atomic E-state index is 14.1. The highest BCUT2D eigenvalue weighted by molar-refractivity contribution is 8.05.